The minimum Gasteiger partial charge on any atom is -0.481 e. The first-order chi connectivity index (χ1) is 9.56. The highest BCUT2D eigenvalue weighted by atomic mass is 32.1. The molecule has 1 atom stereocenters. The van der Waals surface area contributed by atoms with Crippen LogP contribution in [0.15, 0.2) is 17.5 Å². The Balaban J connectivity index is 1.92. The summed E-state index contributed by atoms with van der Waals surface area (Å²) in [6.45, 7) is 3.08. The summed E-state index contributed by atoms with van der Waals surface area (Å²) in [6, 6.07) is 4.05. The molecule has 1 saturated heterocycles. The zero-order valence-electron chi connectivity index (χ0n) is 11.5. The van der Waals surface area contributed by atoms with E-state index in [0.717, 1.165) is 30.8 Å². The SMILES string of the molecule is CC(=O)N1CCC(NC(CC(=O)O)c2cccs2)CC1. The van der Waals surface area contributed by atoms with E-state index < -0.39 is 5.97 Å². The number of rotatable bonds is 5. The Labute approximate surface area is 122 Å². The summed E-state index contributed by atoms with van der Waals surface area (Å²) >= 11 is 1.58. The predicted octanol–water partition coefficient (Wildman–Crippen LogP) is 1.86. The summed E-state index contributed by atoms with van der Waals surface area (Å²) in [5, 5.41) is 14.4. The van der Waals surface area contributed by atoms with Crippen LogP contribution in [0.1, 0.15) is 37.1 Å². The Hall–Kier alpha value is -1.40. The molecule has 1 aliphatic rings. The van der Waals surface area contributed by atoms with Gasteiger partial charge in [0.25, 0.3) is 0 Å². The van der Waals surface area contributed by atoms with Crippen molar-refractivity contribution in [3.63, 3.8) is 0 Å². The van der Waals surface area contributed by atoms with E-state index in [9.17, 15) is 9.59 Å². The zero-order valence-corrected chi connectivity index (χ0v) is 12.4. The van der Waals surface area contributed by atoms with Gasteiger partial charge in [-0.25, -0.2) is 0 Å². The van der Waals surface area contributed by atoms with E-state index in [-0.39, 0.29) is 24.4 Å². The van der Waals surface area contributed by atoms with Gasteiger partial charge in [0.2, 0.25) is 5.91 Å². The molecule has 1 fully saturated rings. The molecule has 1 aromatic rings. The molecule has 0 aromatic carbocycles. The number of amides is 1. The fourth-order valence-corrected chi connectivity index (χ4v) is 3.34. The van der Waals surface area contributed by atoms with Gasteiger partial charge in [-0.1, -0.05) is 6.07 Å². The lowest BCUT2D eigenvalue weighted by Gasteiger charge is -2.33. The van der Waals surface area contributed by atoms with Crippen LogP contribution in [0.4, 0.5) is 0 Å². The molecule has 1 aliphatic heterocycles. The van der Waals surface area contributed by atoms with Crippen LogP contribution in [-0.2, 0) is 9.59 Å². The average Bonchev–Trinajstić information content (AvgIpc) is 2.92. The molecule has 0 bridgehead atoms. The van der Waals surface area contributed by atoms with Crippen molar-refractivity contribution in [1.82, 2.24) is 10.2 Å². The molecule has 5 nitrogen and oxygen atoms in total. The molecule has 2 N–H and O–H groups in total. The van der Waals surface area contributed by atoms with Gasteiger partial charge < -0.3 is 15.3 Å². The van der Waals surface area contributed by atoms with Gasteiger partial charge in [-0.05, 0) is 24.3 Å². The lowest BCUT2D eigenvalue weighted by molar-refractivity contribution is -0.137. The van der Waals surface area contributed by atoms with Gasteiger partial charge in [0.15, 0.2) is 0 Å². The molecular formula is C14H20N2O3S. The summed E-state index contributed by atoms with van der Waals surface area (Å²) in [5.74, 6) is -0.680. The van der Waals surface area contributed by atoms with Crippen molar-refractivity contribution in [3.05, 3.63) is 22.4 Å². The second kappa shape index (κ2) is 6.85. The number of carbonyl (C=O) groups is 2. The molecule has 1 unspecified atom stereocenters. The number of carbonyl (C=O) groups excluding carboxylic acids is 1. The number of carboxylic acid groups (broad SMARTS) is 1. The van der Waals surface area contributed by atoms with Crippen LogP contribution >= 0.6 is 11.3 Å². The van der Waals surface area contributed by atoms with Crippen molar-refractivity contribution in [1.29, 1.82) is 0 Å². The molecule has 20 heavy (non-hydrogen) atoms. The summed E-state index contributed by atoms with van der Waals surface area (Å²) in [4.78, 5) is 25.2. The number of nitrogens with zero attached hydrogens (tertiary/aromatic N) is 1. The van der Waals surface area contributed by atoms with Crippen LogP contribution in [0.2, 0.25) is 0 Å². The number of aliphatic carboxylic acids is 1. The van der Waals surface area contributed by atoms with Crippen molar-refractivity contribution in [3.8, 4) is 0 Å². The number of thiophene rings is 1. The summed E-state index contributed by atoms with van der Waals surface area (Å²) in [5.41, 5.74) is 0. The van der Waals surface area contributed by atoms with Gasteiger partial charge >= 0.3 is 5.97 Å². The Bertz CT molecular complexity index is 453. The maximum absolute atomic E-state index is 11.3. The number of nitrogens with one attached hydrogen (secondary N) is 1. The highest BCUT2D eigenvalue weighted by Crippen LogP contribution is 2.24. The number of hydrogen-bond donors (Lipinski definition) is 2. The van der Waals surface area contributed by atoms with E-state index in [1.807, 2.05) is 22.4 Å². The second-order valence-electron chi connectivity index (χ2n) is 5.11. The van der Waals surface area contributed by atoms with Crippen molar-refractivity contribution in [2.45, 2.75) is 38.3 Å². The van der Waals surface area contributed by atoms with Crippen LogP contribution in [0, 0.1) is 0 Å². The minimum atomic E-state index is -0.794. The van der Waals surface area contributed by atoms with Crippen LogP contribution in [0.25, 0.3) is 0 Å². The van der Waals surface area contributed by atoms with Crippen molar-refractivity contribution < 1.29 is 14.7 Å². The van der Waals surface area contributed by atoms with Gasteiger partial charge in [-0.15, -0.1) is 11.3 Å². The lowest BCUT2D eigenvalue weighted by Crippen LogP contribution is -2.45. The maximum Gasteiger partial charge on any atom is 0.305 e. The largest absolute Gasteiger partial charge is 0.481 e. The van der Waals surface area contributed by atoms with Gasteiger partial charge in [0.1, 0.15) is 0 Å². The maximum atomic E-state index is 11.3. The smallest absolute Gasteiger partial charge is 0.305 e. The molecule has 1 aromatic heterocycles. The first kappa shape index (κ1) is 15.0. The topological polar surface area (TPSA) is 69.6 Å². The van der Waals surface area contributed by atoms with Crippen LogP contribution < -0.4 is 5.32 Å². The fourth-order valence-electron chi connectivity index (χ4n) is 2.55. The van der Waals surface area contributed by atoms with Crippen LogP contribution in [-0.4, -0.2) is 41.0 Å². The molecule has 0 saturated carbocycles. The predicted molar refractivity (Wildman–Crippen MR) is 77.7 cm³/mol. The van der Waals surface area contributed by atoms with Gasteiger partial charge in [-0.2, -0.15) is 0 Å². The highest BCUT2D eigenvalue weighted by molar-refractivity contribution is 7.10. The lowest BCUT2D eigenvalue weighted by atomic mass is 10.0. The minimum absolute atomic E-state index is 0.0907. The number of hydrogen-bond acceptors (Lipinski definition) is 4. The molecule has 0 radical (unpaired) electrons. The quantitative estimate of drug-likeness (QED) is 0.870. The molecule has 6 heteroatoms. The Morgan fingerprint density at radius 1 is 1.50 bits per heavy atom. The first-order valence-electron chi connectivity index (χ1n) is 6.83. The highest BCUT2D eigenvalue weighted by Gasteiger charge is 2.25. The standard InChI is InChI=1S/C14H20N2O3S/c1-10(17)16-6-4-11(5-7-16)15-12(9-14(18)19)13-3-2-8-20-13/h2-3,8,11-12,15H,4-7,9H2,1H3,(H,18,19). The van der Waals surface area contributed by atoms with E-state index in [0.29, 0.717) is 0 Å². The summed E-state index contributed by atoms with van der Waals surface area (Å²) < 4.78 is 0. The molecule has 0 spiro atoms. The number of piperidine rings is 1. The van der Waals surface area contributed by atoms with E-state index >= 15 is 0 Å². The van der Waals surface area contributed by atoms with Crippen molar-refractivity contribution in [2.24, 2.45) is 0 Å². The van der Waals surface area contributed by atoms with Gasteiger partial charge in [-0.3, -0.25) is 9.59 Å². The zero-order chi connectivity index (χ0) is 14.5. The first-order valence-corrected chi connectivity index (χ1v) is 7.71. The van der Waals surface area contributed by atoms with E-state index in [2.05, 4.69) is 5.32 Å². The molecule has 110 valence electrons. The third kappa shape index (κ3) is 4.05. The number of carboxylic acids is 1. The van der Waals surface area contributed by atoms with Crippen LogP contribution in [0.3, 0.4) is 0 Å². The van der Waals surface area contributed by atoms with E-state index in [4.69, 9.17) is 5.11 Å². The second-order valence-corrected chi connectivity index (χ2v) is 6.09. The molecular weight excluding hydrogens is 276 g/mol. The summed E-state index contributed by atoms with van der Waals surface area (Å²) in [7, 11) is 0. The Morgan fingerprint density at radius 2 is 2.20 bits per heavy atom. The van der Waals surface area contributed by atoms with E-state index in [1.165, 1.54) is 0 Å². The molecule has 2 heterocycles. The monoisotopic (exact) mass is 296 g/mol. The molecule has 0 aliphatic carbocycles. The Morgan fingerprint density at radius 3 is 2.70 bits per heavy atom. The normalized spacial score (nSPS) is 17.9. The molecule has 1 amide bonds. The third-order valence-electron chi connectivity index (χ3n) is 3.64. The van der Waals surface area contributed by atoms with E-state index in [1.54, 1.807) is 18.3 Å². The van der Waals surface area contributed by atoms with Crippen molar-refractivity contribution in [2.75, 3.05) is 13.1 Å². The van der Waals surface area contributed by atoms with Gasteiger partial charge in [0.05, 0.1) is 12.5 Å². The summed E-state index contributed by atoms with van der Waals surface area (Å²) in [6.07, 6.45) is 1.84. The van der Waals surface area contributed by atoms with Gasteiger partial charge in [0, 0.05) is 30.9 Å². The fraction of sp³-hybridized carbons (Fsp3) is 0.571. The number of likely N-dealkylation sites (tertiary alicyclic amines) is 1. The van der Waals surface area contributed by atoms with Crippen molar-refractivity contribution >= 4 is 23.2 Å². The average molecular weight is 296 g/mol. The molecule has 2 rings (SSSR count). The van der Waals surface area contributed by atoms with Crippen LogP contribution in [0.5, 0.6) is 0 Å². The Kier molecular flexibility index (Phi) is 5.14. The third-order valence-corrected chi connectivity index (χ3v) is 4.63.